The van der Waals surface area contributed by atoms with Crippen LogP contribution >= 0.6 is 0 Å². The Morgan fingerprint density at radius 3 is 1.80 bits per heavy atom. The van der Waals surface area contributed by atoms with E-state index in [4.69, 9.17) is 0 Å². The van der Waals surface area contributed by atoms with Crippen LogP contribution in [0.15, 0.2) is 89.8 Å². The molecule has 0 spiro atoms. The molecule has 0 unspecified atom stereocenters. The zero-order valence-electron chi connectivity index (χ0n) is 16.3. The van der Waals surface area contributed by atoms with Gasteiger partial charge in [0.05, 0.1) is 10.6 Å². The van der Waals surface area contributed by atoms with Gasteiger partial charge >= 0.3 is 0 Å². The second kappa shape index (κ2) is 9.23. The van der Waals surface area contributed by atoms with Crippen molar-refractivity contribution < 1.29 is 18.0 Å². The zero-order valence-corrected chi connectivity index (χ0v) is 17.1. The van der Waals surface area contributed by atoms with Gasteiger partial charge < -0.3 is 10.6 Å². The summed E-state index contributed by atoms with van der Waals surface area (Å²) >= 11 is 0. The molecule has 0 aliphatic heterocycles. The summed E-state index contributed by atoms with van der Waals surface area (Å²) in [7, 11) is -3.94. The number of rotatable bonds is 7. The summed E-state index contributed by atoms with van der Waals surface area (Å²) in [6, 6.07) is 23.0. The predicted octanol–water partition coefficient (Wildman–Crippen LogP) is 3.48. The third kappa shape index (κ3) is 5.24. The number of nitrogens with zero attached hydrogens (tertiary/aromatic N) is 1. The Morgan fingerprint density at radius 1 is 0.767 bits per heavy atom. The summed E-state index contributed by atoms with van der Waals surface area (Å²) in [4.78, 5) is 23.8. The van der Waals surface area contributed by atoms with Crippen molar-refractivity contribution in [3.8, 4) is 0 Å². The first kappa shape index (κ1) is 21.1. The fourth-order valence-corrected chi connectivity index (χ4v) is 4.24. The van der Waals surface area contributed by atoms with Crippen LogP contribution in [0.25, 0.3) is 0 Å². The molecule has 0 saturated heterocycles. The molecule has 8 heteroatoms. The largest absolute Gasteiger partial charge is 0.326 e. The van der Waals surface area contributed by atoms with Gasteiger partial charge in [0.1, 0.15) is 6.54 Å². The molecule has 0 heterocycles. The van der Waals surface area contributed by atoms with Gasteiger partial charge in [-0.1, -0.05) is 36.4 Å². The molecule has 3 aromatic carbocycles. The molecule has 0 saturated carbocycles. The van der Waals surface area contributed by atoms with Crippen molar-refractivity contribution in [2.75, 3.05) is 21.5 Å². The lowest BCUT2D eigenvalue weighted by atomic mass is 10.2. The highest BCUT2D eigenvalue weighted by atomic mass is 32.2. The van der Waals surface area contributed by atoms with Gasteiger partial charge in [-0.05, 0) is 48.5 Å². The number of sulfonamides is 1. The summed E-state index contributed by atoms with van der Waals surface area (Å²) in [6.45, 7) is 1.01. The molecule has 0 atom stereocenters. The van der Waals surface area contributed by atoms with Crippen molar-refractivity contribution in [3.05, 3.63) is 84.9 Å². The van der Waals surface area contributed by atoms with Crippen molar-refractivity contribution >= 4 is 38.9 Å². The summed E-state index contributed by atoms with van der Waals surface area (Å²) in [6.07, 6.45) is 0. The Kier molecular flexibility index (Phi) is 6.48. The average Bonchev–Trinajstić information content (AvgIpc) is 2.74. The molecule has 0 bridgehead atoms. The summed E-state index contributed by atoms with van der Waals surface area (Å²) in [5, 5.41) is 5.33. The molecule has 30 heavy (non-hydrogen) atoms. The first-order valence-electron chi connectivity index (χ1n) is 9.16. The van der Waals surface area contributed by atoms with Gasteiger partial charge in [-0.3, -0.25) is 13.9 Å². The molecule has 3 aromatic rings. The Balaban J connectivity index is 1.81. The van der Waals surface area contributed by atoms with Crippen molar-refractivity contribution in [2.45, 2.75) is 11.8 Å². The van der Waals surface area contributed by atoms with Crippen LogP contribution in [0.5, 0.6) is 0 Å². The van der Waals surface area contributed by atoms with Crippen LogP contribution in [-0.2, 0) is 19.6 Å². The predicted molar refractivity (Wildman–Crippen MR) is 117 cm³/mol. The lowest BCUT2D eigenvalue weighted by Gasteiger charge is -2.24. The van der Waals surface area contributed by atoms with Crippen LogP contribution in [0.3, 0.4) is 0 Å². The number of carbonyl (C=O) groups is 2. The molecule has 0 aliphatic carbocycles. The molecule has 0 fully saturated rings. The highest BCUT2D eigenvalue weighted by Crippen LogP contribution is 2.23. The van der Waals surface area contributed by atoms with Crippen LogP contribution in [0, 0.1) is 0 Å². The van der Waals surface area contributed by atoms with Gasteiger partial charge in [0.25, 0.3) is 10.0 Å². The number of nitrogens with one attached hydrogen (secondary N) is 2. The molecular formula is C22H21N3O4S. The number of hydrogen-bond donors (Lipinski definition) is 2. The molecule has 0 radical (unpaired) electrons. The fraction of sp³-hybridized carbons (Fsp3) is 0.0909. The molecular weight excluding hydrogens is 402 g/mol. The van der Waals surface area contributed by atoms with Crippen molar-refractivity contribution in [1.29, 1.82) is 0 Å². The molecule has 0 aromatic heterocycles. The third-order valence-corrected chi connectivity index (χ3v) is 5.94. The van der Waals surface area contributed by atoms with E-state index in [9.17, 15) is 18.0 Å². The molecule has 0 aliphatic rings. The highest BCUT2D eigenvalue weighted by Gasteiger charge is 2.26. The number of para-hydroxylation sites is 1. The Labute approximate surface area is 175 Å². The van der Waals surface area contributed by atoms with Gasteiger partial charge in [-0.15, -0.1) is 0 Å². The van der Waals surface area contributed by atoms with E-state index in [1.165, 1.54) is 19.1 Å². The maximum atomic E-state index is 13.2. The number of amides is 2. The molecule has 2 N–H and O–H groups in total. The number of hydrogen-bond acceptors (Lipinski definition) is 4. The van der Waals surface area contributed by atoms with E-state index in [2.05, 4.69) is 10.6 Å². The van der Waals surface area contributed by atoms with E-state index in [0.29, 0.717) is 17.1 Å². The van der Waals surface area contributed by atoms with Crippen LogP contribution in [-0.4, -0.2) is 26.8 Å². The van der Waals surface area contributed by atoms with E-state index in [-0.39, 0.29) is 10.8 Å². The fourth-order valence-electron chi connectivity index (χ4n) is 2.80. The Morgan fingerprint density at radius 2 is 1.27 bits per heavy atom. The summed E-state index contributed by atoms with van der Waals surface area (Å²) in [5.41, 5.74) is 1.47. The second-order valence-corrected chi connectivity index (χ2v) is 8.33. The van der Waals surface area contributed by atoms with E-state index < -0.39 is 22.5 Å². The van der Waals surface area contributed by atoms with Crippen LogP contribution < -0.4 is 14.9 Å². The second-order valence-electron chi connectivity index (χ2n) is 6.47. The minimum Gasteiger partial charge on any atom is -0.326 e. The van der Waals surface area contributed by atoms with Gasteiger partial charge in [0, 0.05) is 18.3 Å². The summed E-state index contributed by atoms with van der Waals surface area (Å²) in [5.74, 6) is -0.693. The van der Waals surface area contributed by atoms with Crippen molar-refractivity contribution in [2.24, 2.45) is 0 Å². The van der Waals surface area contributed by atoms with E-state index >= 15 is 0 Å². The van der Waals surface area contributed by atoms with Crippen LogP contribution in [0.4, 0.5) is 17.1 Å². The van der Waals surface area contributed by atoms with Gasteiger partial charge in [-0.25, -0.2) is 8.42 Å². The van der Waals surface area contributed by atoms with Gasteiger partial charge in [0.15, 0.2) is 0 Å². The first-order chi connectivity index (χ1) is 14.4. The SMILES string of the molecule is CC(=O)Nc1ccc(NC(=O)CN(c2ccccc2)S(=O)(=O)c2ccccc2)cc1. The molecule has 2 amide bonds. The van der Waals surface area contributed by atoms with Crippen molar-refractivity contribution in [3.63, 3.8) is 0 Å². The Bertz CT molecular complexity index is 1120. The summed E-state index contributed by atoms with van der Waals surface area (Å²) < 4.78 is 27.4. The topological polar surface area (TPSA) is 95.6 Å². The van der Waals surface area contributed by atoms with Gasteiger partial charge in [0.2, 0.25) is 11.8 Å². The smallest absolute Gasteiger partial charge is 0.264 e. The maximum Gasteiger partial charge on any atom is 0.264 e. The van der Waals surface area contributed by atoms with Gasteiger partial charge in [-0.2, -0.15) is 0 Å². The van der Waals surface area contributed by atoms with E-state index in [1.54, 1.807) is 72.8 Å². The van der Waals surface area contributed by atoms with Crippen LogP contribution in [0.1, 0.15) is 6.92 Å². The Hall–Kier alpha value is -3.65. The van der Waals surface area contributed by atoms with E-state index in [0.717, 1.165) is 4.31 Å². The minimum absolute atomic E-state index is 0.0984. The number of carbonyl (C=O) groups excluding carboxylic acids is 2. The van der Waals surface area contributed by atoms with E-state index in [1.807, 2.05) is 0 Å². The highest BCUT2D eigenvalue weighted by molar-refractivity contribution is 7.92. The average molecular weight is 423 g/mol. The monoisotopic (exact) mass is 423 g/mol. The minimum atomic E-state index is -3.94. The number of benzene rings is 3. The molecule has 7 nitrogen and oxygen atoms in total. The van der Waals surface area contributed by atoms with Crippen molar-refractivity contribution in [1.82, 2.24) is 0 Å². The standard InChI is InChI=1S/C22H21N3O4S/c1-17(26)23-18-12-14-19(15-13-18)24-22(27)16-25(20-8-4-2-5-9-20)30(28,29)21-10-6-3-7-11-21/h2-15H,16H2,1H3,(H,23,26)(H,24,27). The van der Waals surface area contributed by atoms with Crippen LogP contribution in [0.2, 0.25) is 0 Å². The molecule has 3 rings (SSSR count). The zero-order chi connectivity index (χ0) is 21.6. The first-order valence-corrected chi connectivity index (χ1v) is 10.6. The normalized spacial score (nSPS) is 10.8. The number of anilines is 3. The quantitative estimate of drug-likeness (QED) is 0.608. The maximum absolute atomic E-state index is 13.2. The lowest BCUT2D eigenvalue weighted by Crippen LogP contribution is -2.38. The third-order valence-electron chi connectivity index (χ3n) is 4.15. The lowest BCUT2D eigenvalue weighted by molar-refractivity contribution is -0.115. The molecule has 154 valence electrons.